The van der Waals surface area contributed by atoms with Crippen LogP contribution in [-0.2, 0) is 10.0 Å². The van der Waals surface area contributed by atoms with Crippen LogP contribution in [0.5, 0.6) is 0 Å². The molecule has 0 bridgehead atoms. The van der Waals surface area contributed by atoms with Gasteiger partial charge in [-0.05, 0) is 61.8 Å². The Hall–Kier alpha value is -3.06. The number of nitrogens with one attached hydrogen (secondary N) is 2. The molecule has 212 valence electrons. The number of carbonyl (C=O) groups excluding carboxylic acids is 1. The SMILES string of the molecule is O=C(Nc1cccn(C2CCC(F)(F)C2)c1=O)c1c(F)cc(NS(=O)(=O)CCO)cc1N1CCC2(CC1)CC2. The number of benzene rings is 1. The molecule has 3 N–H and O–H groups in total. The van der Waals surface area contributed by atoms with Gasteiger partial charge in [-0.2, -0.15) is 0 Å². The molecule has 1 saturated heterocycles. The van der Waals surface area contributed by atoms with Gasteiger partial charge < -0.3 is 19.9 Å². The van der Waals surface area contributed by atoms with Crippen LogP contribution in [0.3, 0.4) is 0 Å². The summed E-state index contributed by atoms with van der Waals surface area (Å²) < 4.78 is 70.8. The highest BCUT2D eigenvalue weighted by Gasteiger charge is 2.45. The number of sulfonamides is 1. The molecule has 1 spiro atoms. The van der Waals surface area contributed by atoms with Crippen molar-refractivity contribution in [1.82, 2.24) is 4.57 Å². The minimum Gasteiger partial charge on any atom is -0.395 e. The summed E-state index contributed by atoms with van der Waals surface area (Å²) in [6.07, 6.45) is 4.65. The normalized spacial score (nSPS) is 21.6. The molecule has 1 aromatic carbocycles. The second kappa shape index (κ2) is 10.2. The van der Waals surface area contributed by atoms with E-state index in [1.54, 1.807) is 0 Å². The number of alkyl halides is 2. The number of halogens is 3. The Morgan fingerprint density at radius 1 is 1.13 bits per heavy atom. The van der Waals surface area contributed by atoms with Gasteiger partial charge in [0.15, 0.2) is 0 Å². The second-order valence-electron chi connectivity index (χ2n) is 10.8. The Morgan fingerprint density at radius 3 is 2.46 bits per heavy atom. The number of hydrogen-bond donors (Lipinski definition) is 3. The molecule has 1 amide bonds. The molecule has 2 aliphatic carbocycles. The van der Waals surface area contributed by atoms with Crippen LogP contribution in [0.1, 0.15) is 61.3 Å². The summed E-state index contributed by atoms with van der Waals surface area (Å²) in [5, 5.41) is 11.5. The minimum atomic E-state index is -3.95. The lowest BCUT2D eigenvalue weighted by molar-refractivity contribution is 0.00550. The first-order valence-electron chi connectivity index (χ1n) is 13.0. The van der Waals surface area contributed by atoms with E-state index in [1.165, 1.54) is 29.0 Å². The van der Waals surface area contributed by atoms with Crippen molar-refractivity contribution in [1.29, 1.82) is 0 Å². The van der Waals surface area contributed by atoms with Crippen LogP contribution in [-0.4, -0.2) is 55.4 Å². The first-order chi connectivity index (χ1) is 18.4. The van der Waals surface area contributed by atoms with Crippen molar-refractivity contribution in [3.05, 3.63) is 52.2 Å². The summed E-state index contributed by atoms with van der Waals surface area (Å²) in [7, 11) is -3.95. The van der Waals surface area contributed by atoms with Gasteiger partial charge in [0.2, 0.25) is 15.9 Å². The van der Waals surface area contributed by atoms with E-state index in [9.17, 15) is 26.8 Å². The molecule has 2 saturated carbocycles. The number of hydrogen-bond acceptors (Lipinski definition) is 6. The molecule has 39 heavy (non-hydrogen) atoms. The van der Waals surface area contributed by atoms with Crippen molar-refractivity contribution in [3.8, 4) is 0 Å². The number of aliphatic hydroxyl groups excluding tert-OH is 1. The average molecular weight is 569 g/mol. The monoisotopic (exact) mass is 568 g/mol. The van der Waals surface area contributed by atoms with E-state index in [0.29, 0.717) is 13.1 Å². The molecule has 1 aliphatic heterocycles. The van der Waals surface area contributed by atoms with Crippen LogP contribution in [0.2, 0.25) is 0 Å². The van der Waals surface area contributed by atoms with Crippen LogP contribution in [0, 0.1) is 11.2 Å². The maximum atomic E-state index is 15.5. The molecule has 2 aromatic rings. The van der Waals surface area contributed by atoms with Gasteiger partial charge in [-0.3, -0.25) is 14.3 Å². The van der Waals surface area contributed by atoms with Crippen molar-refractivity contribution in [2.24, 2.45) is 5.41 Å². The molecule has 13 heteroatoms. The van der Waals surface area contributed by atoms with Crippen molar-refractivity contribution in [2.75, 3.05) is 40.4 Å². The maximum absolute atomic E-state index is 15.5. The molecule has 2 heterocycles. The molecule has 1 unspecified atom stereocenters. The highest BCUT2D eigenvalue weighted by Crippen LogP contribution is 2.54. The van der Waals surface area contributed by atoms with Crippen LogP contribution < -0.4 is 20.5 Å². The molecule has 3 aliphatic rings. The Bertz CT molecular complexity index is 1430. The molecule has 3 fully saturated rings. The fourth-order valence-electron chi connectivity index (χ4n) is 5.62. The summed E-state index contributed by atoms with van der Waals surface area (Å²) >= 11 is 0. The molecule has 1 atom stereocenters. The van der Waals surface area contributed by atoms with Gasteiger partial charge in [0.05, 0.1) is 29.3 Å². The molecule has 1 aromatic heterocycles. The Labute approximate surface area is 224 Å². The number of nitrogens with zero attached hydrogens (tertiary/aromatic N) is 2. The Balaban J connectivity index is 1.46. The number of piperidine rings is 1. The van der Waals surface area contributed by atoms with E-state index >= 15 is 4.39 Å². The largest absolute Gasteiger partial charge is 0.395 e. The Morgan fingerprint density at radius 2 is 1.85 bits per heavy atom. The molecular weight excluding hydrogens is 537 g/mol. The second-order valence-corrected chi connectivity index (χ2v) is 12.7. The van der Waals surface area contributed by atoms with Gasteiger partial charge in [-0.15, -0.1) is 0 Å². The topological polar surface area (TPSA) is 121 Å². The maximum Gasteiger partial charge on any atom is 0.274 e. The number of rotatable bonds is 8. The fraction of sp³-hybridized carbons (Fsp3) is 0.538. The summed E-state index contributed by atoms with van der Waals surface area (Å²) in [6, 6.07) is 4.33. The lowest BCUT2D eigenvalue weighted by Gasteiger charge is -2.35. The average Bonchev–Trinajstić information content (AvgIpc) is 3.51. The predicted octanol–water partition coefficient (Wildman–Crippen LogP) is 3.71. The van der Waals surface area contributed by atoms with Crippen molar-refractivity contribution < 1.29 is 31.5 Å². The Kier molecular flexibility index (Phi) is 7.17. The lowest BCUT2D eigenvalue weighted by Crippen LogP contribution is -2.36. The quantitative estimate of drug-likeness (QED) is 0.447. The van der Waals surface area contributed by atoms with E-state index < -0.39 is 58.1 Å². The van der Waals surface area contributed by atoms with Crippen molar-refractivity contribution in [3.63, 3.8) is 0 Å². The van der Waals surface area contributed by atoms with Gasteiger partial charge in [-0.1, -0.05) is 0 Å². The van der Waals surface area contributed by atoms with Gasteiger partial charge >= 0.3 is 0 Å². The van der Waals surface area contributed by atoms with E-state index in [-0.39, 0.29) is 40.9 Å². The number of carbonyl (C=O) groups is 1. The number of amides is 1. The zero-order valence-corrected chi connectivity index (χ0v) is 22.1. The molecule has 9 nitrogen and oxygen atoms in total. The van der Waals surface area contributed by atoms with Crippen LogP contribution in [0.15, 0.2) is 35.3 Å². The number of aliphatic hydroxyl groups is 1. The minimum absolute atomic E-state index is 0.0940. The molecule has 5 rings (SSSR count). The standard InChI is InChI=1S/C26H31F3N4O5S/c27-19-14-17(31-39(37,38)13-12-34)15-21(32-10-7-25(5-6-25)8-11-32)22(19)23(35)30-20-2-1-9-33(24(20)36)18-3-4-26(28,29)16-18/h1-2,9,14-15,18,31,34H,3-8,10-13,16H2,(H,30,35). The van der Waals surface area contributed by atoms with Crippen LogP contribution in [0.4, 0.5) is 30.2 Å². The molecular formula is C26H31F3N4O5S. The van der Waals surface area contributed by atoms with Gasteiger partial charge in [0, 0.05) is 38.2 Å². The number of pyridine rings is 1. The van der Waals surface area contributed by atoms with E-state index in [1.807, 2.05) is 4.90 Å². The first kappa shape index (κ1) is 27.5. The third-order valence-corrected chi connectivity index (χ3v) is 9.31. The van der Waals surface area contributed by atoms with Gasteiger partial charge in [-0.25, -0.2) is 21.6 Å². The zero-order chi connectivity index (χ0) is 28.0. The number of aromatic nitrogens is 1. The highest BCUT2D eigenvalue weighted by atomic mass is 32.2. The molecule has 0 radical (unpaired) electrons. The van der Waals surface area contributed by atoms with Gasteiger partial charge in [0.1, 0.15) is 11.5 Å². The third kappa shape index (κ3) is 5.93. The number of anilines is 3. The van der Waals surface area contributed by atoms with Crippen LogP contribution >= 0.6 is 0 Å². The van der Waals surface area contributed by atoms with Crippen molar-refractivity contribution in [2.45, 2.75) is 56.9 Å². The van der Waals surface area contributed by atoms with E-state index in [2.05, 4.69) is 10.0 Å². The third-order valence-electron chi connectivity index (χ3n) is 8.05. The van der Waals surface area contributed by atoms with Gasteiger partial charge in [0.25, 0.3) is 11.5 Å². The summed E-state index contributed by atoms with van der Waals surface area (Å²) in [5.74, 6) is -5.35. The predicted molar refractivity (Wildman–Crippen MR) is 140 cm³/mol. The summed E-state index contributed by atoms with van der Waals surface area (Å²) in [4.78, 5) is 28.3. The van der Waals surface area contributed by atoms with E-state index in [4.69, 9.17) is 5.11 Å². The van der Waals surface area contributed by atoms with Crippen LogP contribution in [0.25, 0.3) is 0 Å². The zero-order valence-electron chi connectivity index (χ0n) is 21.3. The summed E-state index contributed by atoms with van der Waals surface area (Å²) in [6.45, 7) is 0.466. The van der Waals surface area contributed by atoms with Crippen molar-refractivity contribution >= 4 is 33.0 Å². The van der Waals surface area contributed by atoms with E-state index in [0.717, 1.165) is 31.7 Å². The summed E-state index contributed by atoms with van der Waals surface area (Å²) in [5.41, 5.74) is -0.831. The smallest absolute Gasteiger partial charge is 0.274 e. The lowest BCUT2D eigenvalue weighted by atomic mass is 9.93. The first-order valence-corrected chi connectivity index (χ1v) is 14.7. The fourth-order valence-corrected chi connectivity index (χ4v) is 6.44. The highest BCUT2D eigenvalue weighted by molar-refractivity contribution is 7.92.